The van der Waals surface area contributed by atoms with Crippen LogP contribution in [-0.4, -0.2) is 23.1 Å². The summed E-state index contributed by atoms with van der Waals surface area (Å²) in [7, 11) is 0. The molecule has 2 heterocycles. The molecule has 0 bridgehead atoms. The molecule has 0 aliphatic rings. The molecule has 0 aromatic carbocycles. The third kappa shape index (κ3) is 3.77. The molecule has 20 heavy (non-hydrogen) atoms. The molecule has 0 spiro atoms. The smallest absolute Gasteiger partial charge is 0.185 e. The average molecular weight is 290 g/mol. The second-order valence-corrected chi connectivity index (χ2v) is 5.54. The summed E-state index contributed by atoms with van der Waals surface area (Å²) in [5, 5.41) is 6.64. The summed E-state index contributed by atoms with van der Waals surface area (Å²) in [5.41, 5.74) is 2.39. The molecule has 0 amide bonds. The lowest BCUT2D eigenvalue weighted by Crippen LogP contribution is -2.22. The van der Waals surface area contributed by atoms with E-state index in [-0.39, 0.29) is 0 Å². The van der Waals surface area contributed by atoms with Gasteiger partial charge in [-0.25, -0.2) is 4.98 Å². The van der Waals surface area contributed by atoms with Crippen LogP contribution in [0.4, 0.5) is 5.13 Å². The van der Waals surface area contributed by atoms with Crippen molar-refractivity contribution in [1.29, 1.82) is 0 Å². The minimum absolute atomic E-state index is 0.310. The van der Waals surface area contributed by atoms with Gasteiger partial charge in [0.15, 0.2) is 5.13 Å². The van der Waals surface area contributed by atoms with Crippen molar-refractivity contribution in [3.05, 3.63) is 41.2 Å². The summed E-state index contributed by atoms with van der Waals surface area (Å²) in [5.74, 6) is 0. The Kier molecular flexibility index (Phi) is 5.49. The molecule has 2 aromatic heterocycles. The Morgan fingerprint density at radius 3 is 2.70 bits per heavy atom. The van der Waals surface area contributed by atoms with Gasteiger partial charge in [0.2, 0.25) is 0 Å². The van der Waals surface area contributed by atoms with E-state index in [2.05, 4.69) is 53.5 Å². The highest BCUT2D eigenvalue weighted by molar-refractivity contribution is 7.13. The molecule has 0 aliphatic carbocycles. The predicted molar refractivity (Wildman–Crippen MR) is 85.2 cm³/mol. The summed E-state index contributed by atoms with van der Waals surface area (Å²) in [6, 6.07) is 4.42. The lowest BCUT2D eigenvalue weighted by Gasteiger charge is -2.19. The summed E-state index contributed by atoms with van der Waals surface area (Å²) < 4.78 is 0. The van der Waals surface area contributed by atoms with Crippen LogP contribution in [0.25, 0.3) is 0 Å². The Morgan fingerprint density at radius 1 is 1.30 bits per heavy atom. The highest BCUT2D eigenvalue weighted by Gasteiger charge is 2.13. The summed E-state index contributed by atoms with van der Waals surface area (Å²) in [6.07, 6.45) is 3.67. The van der Waals surface area contributed by atoms with Gasteiger partial charge in [0.05, 0.1) is 5.69 Å². The van der Waals surface area contributed by atoms with Crippen LogP contribution < -0.4 is 10.2 Å². The number of hydrogen-bond donors (Lipinski definition) is 1. The molecule has 108 valence electrons. The molecule has 1 N–H and O–H groups in total. The van der Waals surface area contributed by atoms with Crippen molar-refractivity contribution < 1.29 is 0 Å². The van der Waals surface area contributed by atoms with Crippen LogP contribution in [0, 0.1) is 0 Å². The van der Waals surface area contributed by atoms with E-state index in [0.717, 1.165) is 30.5 Å². The molecule has 0 saturated carbocycles. The Labute approximate surface area is 124 Å². The highest BCUT2D eigenvalue weighted by Crippen LogP contribution is 2.25. The van der Waals surface area contributed by atoms with E-state index in [4.69, 9.17) is 4.98 Å². The molecule has 2 rings (SSSR count). The van der Waals surface area contributed by atoms with Gasteiger partial charge in [-0.15, -0.1) is 11.3 Å². The van der Waals surface area contributed by atoms with E-state index < -0.39 is 0 Å². The fourth-order valence-electron chi connectivity index (χ4n) is 2.05. The van der Waals surface area contributed by atoms with E-state index >= 15 is 0 Å². The molecular weight excluding hydrogens is 268 g/mol. The summed E-state index contributed by atoms with van der Waals surface area (Å²) in [6.45, 7) is 9.22. The molecular formula is C15H22N4S. The molecule has 0 radical (unpaired) electrons. The van der Waals surface area contributed by atoms with E-state index in [0.29, 0.717) is 6.04 Å². The maximum absolute atomic E-state index is 4.76. The van der Waals surface area contributed by atoms with Crippen molar-refractivity contribution in [3.63, 3.8) is 0 Å². The van der Waals surface area contributed by atoms with Crippen molar-refractivity contribution >= 4 is 16.5 Å². The SMILES string of the molecule is CCNC(C)c1csc(N(CC)Cc2ccncc2)n1. The molecule has 1 atom stereocenters. The number of thiazole rings is 1. The fraction of sp³-hybridized carbons (Fsp3) is 0.467. The predicted octanol–water partition coefficient (Wildman–Crippen LogP) is 3.24. The van der Waals surface area contributed by atoms with Gasteiger partial charge < -0.3 is 10.2 Å². The number of pyridine rings is 1. The highest BCUT2D eigenvalue weighted by atomic mass is 32.1. The number of nitrogens with one attached hydrogen (secondary N) is 1. The maximum Gasteiger partial charge on any atom is 0.185 e. The lowest BCUT2D eigenvalue weighted by molar-refractivity contribution is 0.585. The summed E-state index contributed by atoms with van der Waals surface area (Å²) in [4.78, 5) is 11.1. The Balaban J connectivity index is 2.08. The molecule has 1 unspecified atom stereocenters. The van der Waals surface area contributed by atoms with Gasteiger partial charge in [0, 0.05) is 36.9 Å². The number of nitrogens with zero attached hydrogens (tertiary/aromatic N) is 3. The topological polar surface area (TPSA) is 41.0 Å². The minimum Gasteiger partial charge on any atom is -0.344 e. The monoisotopic (exact) mass is 290 g/mol. The van der Waals surface area contributed by atoms with Crippen molar-refractivity contribution in [2.45, 2.75) is 33.4 Å². The zero-order valence-corrected chi connectivity index (χ0v) is 13.2. The quantitative estimate of drug-likeness (QED) is 0.850. The van der Waals surface area contributed by atoms with Crippen LogP contribution in [-0.2, 0) is 6.54 Å². The van der Waals surface area contributed by atoms with Crippen LogP contribution in [0.1, 0.15) is 38.1 Å². The first-order valence-electron chi connectivity index (χ1n) is 7.07. The largest absolute Gasteiger partial charge is 0.344 e. The van der Waals surface area contributed by atoms with Crippen LogP contribution in [0.3, 0.4) is 0 Å². The van der Waals surface area contributed by atoms with E-state index in [9.17, 15) is 0 Å². The zero-order valence-electron chi connectivity index (χ0n) is 12.3. The second kappa shape index (κ2) is 7.36. The number of aromatic nitrogens is 2. The van der Waals surface area contributed by atoms with Crippen LogP contribution in [0.15, 0.2) is 29.9 Å². The van der Waals surface area contributed by atoms with Crippen molar-refractivity contribution in [2.24, 2.45) is 0 Å². The van der Waals surface area contributed by atoms with Crippen molar-refractivity contribution in [1.82, 2.24) is 15.3 Å². The van der Waals surface area contributed by atoms with Crippen LogP contribution >= 0.6 is 11.3 Å². The van der Waals surface area contributed by atoms with Gasteiger partial charge >= 0.3 is 0 Å². The van der Waals surface area contributed by atoms with Gasteiger partial charge in [-0.3, -0.25) is 4.98 Å². The number of rotatable bonds is 7. The van der Waals surface area contributed by atoms with Crippen molar-refractivity contribution in [2.75, 3.05) is 18.0 Å². The first kappa shape index (κ1) is 14.9. The molecule has 5 heteroatoms. The number of anilines is 1. The fourth-order valence-corrected chi connectivity index (χ4v) is 3.04. The van der Waals surface area contributed by atoms with Gasteiger partial charge in [-0.1, -0.05) is 6.92 Å². The first-order chi connectivity index (χ1) is 9.74. The van der Waals surface area contributed by atoms with E-state index in [1.807, 2.05) is 12.4 Å². The Bertz CT molecular complexity index is 512. The third-order valence-electron chi connectivity index (χ3n) is 3.24. The van der Waals surface area contributed by atoms with Crippen LogP contribution in [0.5, 0.6) is 0 Å². The Hall–Kier alpha value is -1.46. The van der Waals surface area contributed by atoms with E-state index in [1.54, 1.807) is 11.3 Å². The molecule has 0 aliphatic heterocycles. The third-order valence-corrected chi connectivity index (χ3v) is 4.16. The van der Waals surface area contributed by atoms with Gasteiger partial charge in [0.25, 0.3) is 0 Å². The molecule has 0 saturated heterocycles. The molecule has 0 fully saturated rings. The summed E-state index contributed by atoms with van der Waals surface area (Å²) >= 11 is 1.71. The van der Waals surface area contributed by atoms with Gasteiger partial charge in [-0.05, 0) is 38.1 Å². The molecule has 4 nitrogen and oxygen atoms in total. The normalized spacial score (nSPS) is 12.3. The lowest BCUT2D eigenvalue weighted by atomic mass is 10.2. The van der Waals surface area contributed by atoms with Crippen molar-refractivity contribution in [3.8, 4) is 0 Å². The van der Waals surface area contributed by atoms with Gasteiger partial charge in [-0.2, -0.15) is 0 Å². The number of hydrogen-bond acceptors (Lipinski definition) is 5. The van der Waals surface area contributed by atoms with Crippen LogP contribution in [0.2, 0.25) is 0 Å². The second-order valence-electron chi connectivity index (χ2n) is 4.70. The minimum atomic E-state index is 0.310. The average Bonchev–Trinajstić information content (AvgIpc) is 2.96. The maximum atomic E-state index is 4.76. The standard InChI is InChI=1S/C15H22N4S/c1-4-17-12(3)14-11-20-15(18-14)19(5-2)10-13-6-8-16-9-7-13/h6-9,11-12,17H,4-5,10H2,1-3H3. The first-order valence-corrected chi connectivity index (χ1v) is 7.95. The molecule has 2 aromatic rings. The zero-order chi connectivity index (χ0) is 14.4. The van der Waals surface area contributed by atoms with Gasteiger partial charge in [0.1, 0.15) is 0 Å². The Morgan fingerprint density at radius 2 is 2.05 bits per heavy atom. The van der Waals surface area contributed by atoms with E-state index in [1.165, 1.54) is 5.56 Å².